The molecular formula is C69H75N3O. The SMILES string of the molecule is [2H]C([2H])([2H])C(c1ccc(-c2ccnc(-c3cc(-c4cccc5c4nc(-c4cc(C(C)(C)C)cc(C(C)(C)C)c4O)n5-c4cc(C)c(-c5ccc(C(C)(C)C)cc5)cc4-c4ccccc4)cc(C(C)(C)C)c3)c2)cc1)(C([2H])([2H])[2H])C([2H])([2H])[2H]. The van der Waals surface area contributed by atoms with Crippen molar-refractivity contribution in [2.75, 3.05) is 0 Å². The predicted molar refractivity (Wildman–Crippen MR) is 311 cm³/mol. The van der Waals surface area contributed by atoms with Crippen molar-refractivity contribution in [1.29, 1.82) is 0 Å². The molecule has 0 fully saturated rings. The summed E-state index contributed by atoms with van der Waals surface area (Å²) in [5.74, 6) is 0.771. The second kappa shape index (κ2) is 18.5. The number of imidazole rings is 1. The quantitative estimate of drug-likeness (QED) is 0.173. The molecule has 0 aliphatic rings. The molecule has 0 radical (unpaired) electrons. The average molecular weight is 971 g/mol. The van der Waals surface area contributed by atoms with E-state index in [4.69, 9.17) is 22.3 Å². The van der Waals surface area contributed by atoms with Crippen LogP contribution in [-0.4, -0.2) is 19.6 Å². The first-order chi connectivity index (χ1) is 37.9. The molecule has 0 saturated heterocycles. The van der Waals surface area contributed by atoms with Gasteiger partial charge in [-0.1, -0.05) is 207 Å². The van der Waals surface area contributed by atoms with Gasteiger partial charge in [0, 0.05) is 40.8 Å². The van der Waals surface area contributed by atoms with E-state index in [9.17, 15) is 5.11 Å². The van der Waals surface area contributed by atoms with E-state index in [1.54, 1.807) is 18.3 Å². The molecule has 4 nitrogen and oxygen atoms in total. The summed E-state index contributed by atoms with van der Waals surface area (Å²) in [6.07, 6.45) is 1.69. The van der Waals surface area contributed by atoms with Gasteiger partial charge in [-0.3, -0.25) is 9.55 Å². The van der Waals surface area contributed by atoms with Gasteiger partial charge in [-0.25, -0.2) is 4.98 Å². The van der Waals surface area contributed by atoms with Crippen molar-refractivity contribution < 1.29 is 17.4 Å². The number of pyridine rings is 1. The van der Waals surface area contributed by atoms with E-state index >= 15 is 0 Å². The minimum Gasteiger partial charge on any atom is -0.507 e. The van der Waals surface area contributed by atoms with Crippen LogP contribution in [0.3, 0.4) is 0 Å². The summed E-state index contributed by atoms with van der Waals surface area (Å²) in [5.41, 5.74) is 12.7. The standard InChI is InChI=1S/C69H75N3O/c1-43-35-61(56(45-21-18-17-19-22-45)42-55(43)46-27-31-51(32-28-46)66(5,6)7)72-60-24-20-23-54(62(60)71-64(72)57-40-53(68(11,12)13)41-58(63(57)73)69(14,15)16)48-36-49(38-52(37-48)67(8,9)10)59-39-47(33-34-70-59)44-25-29-50(30-26-44)65(2,3)4/h17-42,73H,1-16H3/i2D3,3D3,4D3. The van der Waals surface area contributed by atoms with Crippen molar-refractivity contribution in [3.8, 4) is 78.6 Å². The molecule has 73 heavy (non-hydrogen) atoms. The zero-order valence-electron chi connectivity index (χ0n) is 53.8. The van der Waals surface area contributed by atoms with E-state index in [-0.39, 0.29) is 27.6 Å². The minimum absolute atomic E-state index is 0.000649. The van der Waals surface area contributed by atoms with Gasteiger partial charge in [-0.2, -0.15) is 0 Å². The fourth-order valence-electron chi connectivity index (χ4n) is 9.80. The smallest absolute Gasteiger partial charge is 0.149 e. The van der Waals surface area contributed by atoms with Crippen LogP contribution in [0.1, 0.15) is 149 Å². The highest BCUT2D eigenvalue weighted by molar-refractivity contribution is 5.98. The van der Waals surface area contributed by atoms with Crippen molar-refractivity contribution in [1.82, 2.24) is 14.5 Å². The van der Waals surface area contributed by atoms with Crippen LogP contribution >= 0.6 is 0 Å². The van der Waals surface area contributed by atoms with E-state index in [0.29, 0.717) is 28.2 Å². The molecule has 0 bridgehead atoms. The summed E-state index contributed by atoms with van der Waals surface area (Å²) in [6, 6.07) is 50.3. The van der Waals surface area contributed by atoms with Crippen molar-refractivity contribution in [3.63, 3.8) is 0 Å². The van der Waals surface area contributed by atoms with Crippen LogP contribution < -0.4 is 0 Å². The van der Waals surface area contributed by atoms with Gasteiger partial charge in [0.1, 0.15) is 11.6 Å². The second-order valence-electron chi connectivity index (χ2n) is 24.0. The van der Waals surface area contributed by atoms with Gasteiger partial charge in [0.25, 0.3) is 0 Å². The van der Waals surface area contributed by atoms with Gasteiger partial charge < -0.3 is 5.11 Å². The Morgan fingerprint density at radius 2 is 1.03 bits per heavy atom. The summed E-state index contributed by atoms with van der Waals surface area (Å²) >= 11 is 0. The molecule has 0 spiro atoms. The lowest BCUT2D eigenvalue weighted by Crippen LogP contribution is -2.17. The zero-order chi connectivity index (χ0) is 60.1. The Bertz CT molecular complexity index is 3820. The highest BCUT2D eigenvalue weighted by Crippen LogP contribution is 2.47. The first kappa shape index (κ1) is 40.4. The molecule has 2 heterocycles. The monoisotopic (exact) mass is 971 g/mol. The second-order valence-corrected chi connectivity index (χ2v) is 24.0. The summed E-state index contributed by atoms with van der Waals surface area (Å²) in [6.45, 7) is 18.2. The largest absolute Gasteiger partial charge is 0.507 e. The Morgan fingerprint density at radius 3 is 1.64 bits per heavy atom. The van der Waals surface area contributed by atoms with Crippen LogP contribution in [0, 0.1) is 6.92 Å². The molecule has 0 saturated carbocycles. The molecule has 1 N–H and O–H groups in total. The summed E-state index contributed by atoms with van der Waals surface area (Å²) in [5, 5.41) is 12.8. The third kappa shape index (κ3) is 10.2. The maximum atomic E-state index is 12.8. The van der Waals surface area contributed by atoms with E-state index < -0.39 is 31.4 Å². The number of hydrogen-bond donors (Lipinski definition) is 1. The maximum Gasteiger partial charge on any atom is 0.149 e. The lowest BCUT2D eigenvalue weighted by molar-refractivity contribution is 0.446. The number of benzene rings is 7. The molecule has 2 aromatic heterocycles. The molecule has 0 unspecified atom stereocenters. The van der Waals surface area contributed by atoms with E-state index in [2.05, 4.69) is 204 Å². The molecule has 4 heteroatoms. The number of aryl methyl sites for hydroxylation is 1. The number of rotatable bonds is 7. The molecule has 0 aliphatic heterocycles. The summed E-state index contributed by atoms with van der Waals surface area (Å²) in [4.78, 5) is 10.6. The first-order valence-corrected chi connectivity index (χ1v) is 25.4. The zero-order valence-corrected chi connectivity index (χ0v) is 44.8. The lowest BCUT2D eigenvalue weighted by atomic mass is 9.79. The Hall–Kier alpha value is -7.04. The number of aromatic hydroxyl groups is 1. The lowest BCUT2D eigenvalue weighted by Gasteiger charge is -2.28. The molecule has 0 atom stereocenters. The highest BCUT2D eigenvalue weighted by atomic mass is 16.3. The third-order valence-electron chi connectivity index (χ3n) is 14.3. The normalized spacial score (nSPS) is 15.1. The fourth-order valence-corrected chi connectivity index (χ4v) is 9.80. The van der Waals surface area contributed by atoms with Gasteiger partial charge in [0.15, 0.2) is 0 Å². The summed E-state index contributed by atoms with van der Waals surface area (Å²) < 4.78 is 76.6. The van der Waals surface area contributed by atoms with E-state index in [0.717, 1.165) is 77.9 Å². The molecule has 372 valence electrons. The molecule has 9 rings (SSSR count). The molecule has 0 aliphatic carbocycles. The van der Waals surface area contributed by atoms with E-state index in [1.165, 1.54) is 17.7 Å². The van der Waals surface area contributed by atoms with Crippen molar-refractivity contribution >= 4 is 11.0 Å². The first-order valence-electron chi connectivity index (χ1n) is 29.9. The van der Waals surface area contributed by atoms with Crippen molar-refractivity contribution in [3.05, 3.63) is 191 Å². The summed E-state index contributed by atoms with van der Waals surface area (Å²) in [7, 11) is 0. The number of phenolic OH excluding ortho intramolecular Hbond substituents is 1. The van der Waals surface area contributed by atoms with Crippen LogP contribution in [0.5, 0.6) is 5.75 Å². The number of phenols is 1. The van der Waals surface area contributed by atoms with Crippen LogP contribution in [-0.2, 0) is 27.1 Å². The number of aromatic nitrogens is 3. The Kier molecular flexibility index (Phi) is 10.2. The van der Waals surface area contributed by atoms with Gasteiger partial charge >= 0.3 is 0 Å². The van der Waals surface area contributed by atoms with Crippen LogP contribution in [0.15, 0.2) is 158 Å². The van der Waals surface area contributed by atoms with Crippen LogP contribution in [0.2, 0.25) is 0 Å². The predicted octanol–water partition coefficient (Wildman–Crippen LogP) is 18.9. The maximum absolute atomic E-state index is 12.8. The van der Waals surface area contributed by atoms with Gasteiger partial charge in [0.2, 0.25) is 0 Å². The van der Waals surface area contributed by atoms with Crippen molar-refractivity contribution in [2.45, 2.75) is 138 Å². The molecular weight excluding hydrogens is 887 g/mol. The number of hydrogen-bond acceptors (Lipinski definition) is 3. The Morgan fingerprint density at radius 1 is 0.438 bits per heavy atom. The van der Waals surface area contributed by atoms with Gasteiger partial charge in [-0.05, 0) is 144 Å². The fraction of sp³-hybridized carbons (Fsp3) is 0.304. The number of fused-ring (bicyclic) bond motifs is 1. The number of nitrogens with zero attached hydrogens (tertiary/aromatic N) is 3. The molecule has 9 aromatic rings. The van der Waals surface area contributed by atoms with Crippen molar-refractivity contribution in [2.24, 2.45) is 0 Å². The van der Waals surface area contributed by atoms with Gasteiger partial charge in [-0.15, -0.1) is 0 Å². The Balaban J connectivity index is 1.29. The molecule has 0 amide bonds. The van der Waals surface area contributed by atoms with Crippen LogP contribution in [0.4, 0.5) is 0 Å². The topological polar surface area (TPSA) is 50.9 Å². The number of para-hydroxylation sites is 1. The Labute approximate surface area is 448 Å². The minimum atomic E-state index is -3.38. The van der Waals surface area contributed by atoms with Gasteiger partial charge in [0.05, 0.1) is 28.0 Å². The highest BCUT2D eigenvalue weighted by Gasteiger charge is 2.30. The van der Waals surface area contributed by atoms with Crippen LogP contribution in [0.25, 0.3) is 83.9 Å². The van der Waals surface area contributed by atoms with E-state index in [1.807, 2.05) is 18.2 Å². The molecule has 7 aromatic carbocycles. The average Bonchev–Trinajstić information content (AvgIpc) is 1.15. The third-order valence-corrected chi connectivity index (χ3v) is 14.3.